The average molecular weight is 275 g/mol. The predicted molar refractivity (Wildman–Crippen MR) is 85.6 cm³/mol. The van der Waals surface area contributed by atoms with Crippen molar-refractivity contribution in [2.45, 2.75) is 60.4 Å². The standard InChI is InChI=1S/C18H29NO/c1-17(2,3)13-16(20)19-15(18(4,5)6)12-14-10-8-7-9-11-14/h7-11,15H,12-13H2,1-6H3,(H,19,20)/t15-/m1/s1. The highest BCUT2D eigenvalue weighted by Crippen LogP contribution is 2.24. The summed E-state index contributed by atoms with van der Waals surface area (Å²) in [6, 6.07) is 10.5. The highest BCUT2D eigenvalue weighted by Gasteiger charge is 2.27. The summed E-state index contributed by atoms with van der Waals surface area (Å²) >= 11 is 0. The van der Waals surface area contributed by atoms with Crippen LogP contribution in [0.15, 0.2) is 30.3 Å². The van der Waals surface area contributed by atoms with Crippen LogP contribution >= 0.6 is 0 Å². The molecule has 1 atom stereocenters. The first kappa shape index (κ1) is 16.7. The third-order valence-corrected chi connectivity index (χ3v) is 3.35. The van der Waals surface area contributed by atoms with E-state index in [2.05, 4.69) is 59.0 Å². The van der Waals surface area contributed by atoms with Crippen molar-refractivity contribution in [3.05, 3.63) is 35.9 Å². The molecule has 0 heterocycles. The molecular weight excluding hydrogens is 246 g/mol. The van der Waals surface area contributed by atoms with Gasteiger partial charge >= 0.3 is 0 Å². The summed E-state index contributed by atoms with van der Waals surface area (Å²) in [6.07, 6.45) is 1.44. The van der Waals surface area contributed by atoms with Gasteiger partial charge in [-0.05, 0) is 22.8 Å². The Balaban J connectivity index is 2.74. The molecule has 0 aliphatic carbocycles. The van der Waals surface area contributed by atoms with Gasteiger partial charge in [-0.25, -0.2) is 0 Å². The topological polar surface area (TPSA) is 29.1 Å². The second kappa shape index (κ2) is 6.43. The molecule has 1 aromatic rings. The summed E-state index contributed by atoms with van der Waals surface area (Å²) in [7, 11) is 0. The molecule has 0 aromatic heterocycles. The van der Waals surface area contributed by atoms with Gasteiger partial charge < -0.3 is 5.32 Å². The fraction of sp³-hybridized carbons (Fsp3) is 0.611. The second-order valence-corrected chi connectivity index (χ2v) is 7.91. The summed E-state index contributed by atoms with van der Waals surface area (Å²) in [4.78, 5) is 12.2. The minimum Gasteiger partial charge on any atom is -0.352 e. The summed E-state index contributed by atoms with van der Waals surface area (Å²) in [5.74, 6) is 0.147. The van der Waals surface area contributed by atoms with Crippen molar-refractivity contribution in [2.75, 3.05) is 0 Å². The second-order valence-electron chi connectivity index (χ2n) is 7.91. The van der Waals surface area contributed by atoms with E-state index in [4.69, 9.17) is 0 Å². The minimum atomic E-state index is 0.0270. The smallest absolute Gasteiger partial charge is 0.220 e. The van der Waals surface area contributed by atoms with Crippen molar-refractivity contribution >= 4 is 5.91 Å². The number of rotatable bonds is 4. The van der Waals surface area contributed by atoms with E-state index in [9.17, 15) is 4.79 Å². The normalized spacial score (nSPS) is 13.9. The molecule has 1 N–H and O–H groups in total. The molecular formula is C18H29NO. The monoisotopic (exact) mass is 275 g/mol. The Labute approximate surface area is 124 Å². The Hall–Kier alpha value is -1.31. The number of benzene rings is 1. The largest absolute Gasteiger partial charge is 0.352 e. The van der Waals surface area contributed by atoms with E-state index in [1.165, 1.54) is 5.56 Å². The van der Waals surface area contributed by atoms with E-state index in [0.29, 0.717) is 6.42 Å². The van der Waals surface area contributed by atoms with Crippen LogP contribution in [0.3, 0.4) is 0 Å². The molecule has 2 heteroatoms. The van der Waals surface area contributed by atoms with Crippen molar-refractivity contribution in [2.24, 2.45) is 10.8 Å². The molecule has 0 aliphatic heterocycles. The van der Waals surface area contributed by atoms with Gasteiger partial charge in [0.1, 0.15) is 0 Å². The van der Waals surface area contributed by atoms with Gasteiger partial charge in [-0.15, -0.1) is 0 Å². The van der Waals surface area contributed by atoms with Gasteiger partial charge in [-0.1, -0.05) is 71.9 Å². The molecule has 1 aromatic carbocycles. The number of nitrogens with one attached hydrogen (secondary N) is 1. The zero-order valence-corrected chi connectivity index (χ0v) is 13.8. The first-order chi connectivity index (χ1) is 9.08. The highest BCUT2D eigenvalue weighted by molar-refractivity contribution is 5.77. The van der Waals surface area contributed by atoms with E-state index in [-0.39, 0.29) is 22.8 Å². The van der Waals surface area contributed by atoms with Crippen molar-refractivity contribution in [1.82, 2.24) is 5.32 Å². The molecule has 0 fully saturated rings. The van der Waals surface area contributed by atoms with E-state index in [0.717, 1.165) is 6.42 Å². The van der Waals surface area contributed by atoms with Gasteiger partial charge in [0.15, 0.2) is 0 Å². The van der Waals surface area contributed by atoms with Crippen LogP contribution in [0.4, 0.5) is 0 Å². The first-order valence-corrected chi connectivity index (χ1v) is 7.41. The van der Waals surface area contributed by atoms with E-state index >= 15 is 0 Å². The zero-order valence-electron chi connectivity index (χ0n) is 13.8. The molecule has 1 amide bonds. The number of hydrogen-bond acceptors (Lipinski definition) is 1. The van der Waals surface area contributed by atoms with Crippen LogP contribution < -0.4 is 5.32 Å². The van der Waals surface area contributed by atoms with Crippen molar-refractivity contribution in [3.8, 4) is 0 Å². The van der Waals surface area contributed by atoms with Crippen molar-refractivity contribution in [3.63, 3.8) is 0 Å². The molecule has 0 unspecified atom stereocenters. The predicted octanol–water partition coefficient (Wildman–Crippen LogP) is 4.20. The zero-order chi connectivity index (χ0) is 15.4. The Morgan fingerprint density at radius 1 is 1.05 bits per heavy atom. The fourth-order valence-corrected chi connectivity index (χ4v) is 2.15. The van der Waals surface area contributed by atoms with Crippen molar-refractivity contribution in [1.29, 1.82) is 0 Å². The van der Waals surface area contributed by atoms with Crippen LogP contribution in [-0.4, -0.2) is 11.9 Å². The number of carbonyl (C=O) groups is 1. The fourth-order valence-electron chi connectivity index (χ4n) is 2.15. The molecule has 0 saturated heterocycles. The maximum absolute atomic E-state index is 12.2. The van der Waals surface area contributed by atoms with Crippen LogP contribution in [-0.2, 0) is 11.2 Å². The Bertz CT molecular complexity index is 423. The lowest BCUT2D eigenvalue weighted by Gasteiger charge is -2.32. The molecule has 0 aliphatic rings. The maximum Gasteiger partial charge on any atom is 0.220 e. The number of hydrogen-bond donors (Lipinski definition) is 1. The van der Waals surface area contributed by atoms with Gasteiger partial charge in [-0.3, -0.25) is 4.79 Å². The lowest BCUT2D eigenvalue weighted by Crippen LogP contribution is -2.46. The summed E-state index contributed by atoms with van der Waals surface area (Å²) in [5.41, 5.74) is 1.34. The molecule has 112 valence electrons. The number of amides is 1. The van der Waals surface area contributed by atoms with Gasteiger partial charge in [-0.2, -0.15) is 0 Å². The van der Waals surface area contributed by atoms with Crippen molar-refractivity contribution < 1.29 is 4.79 Å². The minimum absolute atomic E-state index is 0.0270. The molecule has 0 radical (unpaired) electrons. The Morgan fingerprint density at radius 2 is 1.60 bits per heavy atom. The van der Waals surface area contributed by atoms with Gasteiger partial charge in [0.05, 0.1) is 0 Å². The quantitative estimate of drug-likeness (QED) is 0.877. The average Bonchev–Trinajstić information content (AvgIpc) is 2.25. The van der Waals surface area contributed by atoms with E-state index in [1.807, 2.05) is 18.2 Å². The van der Waals surface area contributed by atoms with Gasteiger partial charge in [0.2, 0.25) is 5.91 Å². The third-order valence-electron chi connectivity index (χ3n) is 3.35. The lowest BCUT2D eigenvalue weighted by atomic mass is 9.82. The Kier molecular flexibility index (Phi) is 5.38. The summed E-state index contributed by atoms with van der Waals surface area (Å²) < 4.78 is 0. The van der Waals surface area contributed by atoms with E-state index in [1.54, 1.807) is 0 Å². The summed E-state index contributed by atoms with van der Waals surface area (Å²) in [5, 5.41) is 3.22. The van der Waals surface area contributed by atoms with Crippen LogP contribution in [0, 0.1) is 10.8 Å². The summed E-state index contributed by atoms with van der Waals surface area (Å²) in [6.45, 7) is 12.8. The van der Waals surface area contributed by atoms with E-state index < -0.39 is 0 Å². The molecule has 0 saturated carbocycles. The first-order valence-electron chi connectivity index (χ1n) is 7.41. The van der Waals surface area contributed by atoms with Crippen LogP contribution in [0.1, 0.15) is 53.5 Å². The van der Waals surface area contributed by atoms with Gasteiger partial charge in [0.25, 0.3) is 0 Å². The third kappa shape index (κ3) is 6.23. The lowest BCUT2D eigenvalue weighted by molar-refractivity contribution is -0.124. The Morgan fingerprint density at radius 3 is 2.05 bits per heavy atom. The molecule has 0 spiro atoms. The molecule has 2 nitrogen and oxygen atoms in total. The SMILES string of the molecule is CC(C)(C)CC(=O)N[C@H](Cc1ccccc1)C(C)(C)C. The van der Waals surface area contributed by atoms with Crippen LogP contribution in [0.2, 0.25) is 0 Å². The van der Waals surface area contributed by atoms with Crippen LogP contribution in [0.5, 0.6) is 0 Å². The maximum atomic E-state index is 12.2. The molecule has 0 bridgehead atoms. The number of carbonyl (C=O) groups excluding carboxylic acids is 1. The van der Waals surface area contributed by atoms with Crippen LogP contribution in [0.25, 0.3) is 0 Å². The molecule has 20 heavy (non-hydrogen) atoms. The highest BCUT2D eigenvalue weighted by atomic mass is 16.1. The van der Waals surface area contributed by atoms with Gasteiger partial charge in [0, 0.05) is 12.5 Å². The molecule has 1 rings (SSSR count).